The van der Waals surface area contributed by atoms with E-state index >= 15 is 0 Å². The number of nitrogens with two attached hydrogens (primary N) is 1. The smallest absolute Gasteiger partial charge is 0.273 e. The van der Waals surface area contributed by atoms with Gasteiger partial charge >= 0.3 is 0 Å². The largest absolute Gasteiger partial charge is 0.324 e. The van der Waals surface area contributed by atoms with Crippen LogP contribution >= 0.6 is 15.9 Å². The normalized spacial score (nSPS) is 12.1. The minimum atomic E-state index is -0.377. The molecule has 1 unspecified atom stereocenters. The molecule has 2 aromatic rings. The summed E-state index contributed by atoms with van der Waals surface area (Å²) in [6.07, 6.45) is 0.438. The lowest BCUT2D eigenvalue weighted by Gasteiger charge is -2.12. The van der Waals surface area contributed by atoms with Crippen molar-refractivity contribution >= 4 is 21.6 Å². The van der Waals surface area contributed by atoms with Gasteiger partial charge in [-0.2, -0.15) is 0 Å². The van der Waals surface area contributed by atoms with E-state index < -0.39 is 0 Å². The average molecular weight is 321 g/mol. The molecule has 0 fully saturated rings. The van der Waals surface area contributed by atoms with Crippen LogP contribution in [0.15, 0.2) is 53.0 Å². The summed E-state index contributed by atoms with van der Waals surface area (Å²) in [7, 11) is 0. The van der Waals surface area contributed by atoms with Crippen molar-refractivity contribution in [1.82, 2.24) is 0 Å². The molecule has 0 saturated heterocycles. The van der Waals surface area contributed by atoms with Crippen molar-refractivity contribution in [1.29, 1.82) is 0 Å². The van der Waals surface area contributed by atoms with Gasteiger partial charge in [-0.05, 0) is 18.1 Å². The minimum absolute atomic E-state index is 0.0979. The van der Waals surface area contributed by atoms with Crippen LogP contribution in [0.25, 0.3) is 0 Å². The maximum atomic E-state index is 11.0. The Morgan fingerprint density at radius 1 is 1.21 bits per heavy atom. The van der Waals surface area contributed by atoms with Crippen molar-refractivity contribution in [3.05, 3.63) is 74.2 Å². The molecule has 0 radical (unpaired) electrons. The number of hydrogen-bond donors (Lipinski definition) is 1. The molecule has 2 aromatic carbocycles. The minimum Gasteiger partial charge on any atom is -0.324 e. The van der Waals surface area contributed by atoms with Crippen LogP contribution in [0, 0.1) is 10.1 Å². The van der Waals surface area contributed by atoms with Crippen LogP contribution in [-0.4, -0.2) is 4.92 Å². The fraction of sp³-hybridized carbons (Fsp3) is 0.143. The van der Waals surface area contributed by atoms with Gasteiger partial charge in [0, 0.05) is 22.1 Å². The van der Waals surface area contributed by atoms with Gasteiger partial charge in [0.15, 0.2) is 0 Å². The Hall–Kier alpha value is -1.72. The number of benzene rings is 2. The van der Waals surface area contributed by atoms with Crippen LogP contribution in [0.1, 0.15) is 17.2 Å². The predicted octanol–water partition coefficient (Wildman–Crippen LogP) is 3.60. The van der Waals surface area contributed by atoms with Crippen LogP contribution in [0.5, 0.6) is 0 Å². The average Bonchev–Trinajstić information content (AvgIpc) is 2.41. The van der Waals surface area contributed by atoms with Crippen LogP contribution in [-0.2, 0) is 6.42 Å². The highest BCUT2D eigenvalue weighted by atomic mass is 79.9. The first-order valence-corrected chi connectivity index (χ1v) is 6.60. The number of nitro benzene ring substituents is 1. The Morgan fingerprint density at radius 3 is 2.53 bits per heavy atom. The molecule has 5 heteroatoms. The number of rotatable bonds is 4. The molecular formula is C14H13BrN2O2. The molecule has 19 heavy (non-hydrogen) atoms. The van der Waals surface area contributed by atoms with E-state index in [0.29, 0.717) is 16.5 Å². The standard InChI is InChI=1S/C14H13BrN2O2/c15-12-7-6-11(14(9-12)17(18)19)8-13(16)10-4-2-1-3-5-10/h1-7,9,13H,8,16H2. The van der Waals surface area contributed by atoms with E-state index in [0.717, 1.165) is 5.56 Å². The van der Waals surface area contributed by atoms with Gasteiger partial charge in [-0.3, -0.25) is 10.1 Å². The summed E-state index contributed by atoms with van der Waals surface area (Å²) in [5.74, 6) is 0. The zero-order valence-electron chi connectivity index (χ0n) is 10.1. The van der Waals surface area contributed by atoms with Gasteiger partial charge in [-0.25, -0.2) is 0 Å². The van der Waals surface area contributed by atoms with Crippen molar-refractivity contribution in [3.63, 3.8) is 0 Å². The third-order valence-corrected chi connectivity index (χ3v) is 3.40. The Bertz CT molecular complexity index is 587. The summed E-state index contributed by atoms with van der Waals surface area (Å²) < 4.78 is 0.691. The lowest BCUT2D eigenvalue weighted by Crippen LogP contribution is -2.14. The van der Waals surface area contributed by atoms with Crippen LogP contribution in [0.3, 0.4) is 0 Å². The summed E-state index contributed by atoms with van der Waals surface area (Å²) in [5, 5.41) is 11.0. The number of halogens is 1. The highest BCUT2D eigenvalue weighted by Gasteiger charge is 2.17. The monoisotopic (exact) mass is 320 g/mol. The van der Waals surface area contributed by atoms with Crippen LogP contribution in [0.2, 0.25) is 0 Å². The molecule has 2 rings (SSSR count). The molecule has 0 spiro atoms. The van der Waals surface area contributed by atoms with Crippen molar-refractivity contribution in [3.8, 4) is 0 Å². The summed E-state index contributed by atoms with van der Waals surface area (Å²) >= 11 is 3.24. The fourth-order valence-corrected chi connectivity index (χ4v) is 2.28. The summed E-state index contributed by atoms with van der Waals surface area (Å²) in [6.45, 7) is 0. The van der Waals surface area contributed by atoms with E-state index in [9.17, 15) is 10.1 Å². The molecule has 0 bridgehead atoms. The van der Waals surface area contributed by atoms with Crippen molar-refractivity contribution in [2.24, 2.45) is 5.73 Å². The molecule has 0 heterocycles. The van der Waals surface area contributed by atoms with E-state index in [1.165, 1.54) is 6.07 Å². The van der Waals surface area contributed by atoms with E-state index in [4.69, 9.17) is 5.73 Å². The number of hydrogen-bond acceptors (Lipinski definition) is 3. The molecular weight excluding hydrogens is 308 g/mol. The van der Waals surface area contributed by atoms with Crippen LogP contribution < -0.4 is 5.73 Å². The molecule has 0 aliphatic rings. The third kappa shape index (κ3) is 3.39. The van der Waals surface area contributed by atoms with E-state index in [2.05, 4.69) is 15.9 Å². The van der Waals surface area contributed by atoms with Gasteiger partial charge in [0.25, 0.3) is 5.69 Å². The molecule has 0 aliphatic heterocycles. The van der Waals surface area contributed by atoms with Gasteiger partial charge in [0.05, 0.1) is 4.92 Å². The zero-order chi connectivity index (χ0) is 13.8. The van der Waals surface area contributed by atoms with Crippen molar-refractivity contribution in [2.75, 3.05) is 0 Å². The Labute approximate surface area is 119 Å². The Kier molecular flexibility index (Phi) is 4.29. The predicted molar refractivity (Wildman–Crippen MR) is 77.9 cm³/mol. The first kappa shape index (κ1) is 13.7. The van der Waals surface area contributed by atoms with E-state index in [1.807, 2.05) is 30.3 Å². The zero-order valence-corrected chi connectivity index (χ0v) is 11.7. The third-order valence-electron chi connectivity index (χ3n) is 2.91. The maximum Gasteiger partial charge on any atom is 0.273 e. The summed E-state index contributed by atoms with van der Waals surface area (Å²) in [5.41, 5.74) is 7.81. The molecule has 0 saturated carbocycles. The lowest BCUT2D eigenvalue weighted by atomic mass is 9.99. The van der Waals surface area contributed by atoms with Crippen molar-refractivity contribution in [2.45, 2.75) is 12.5 Å². The highest BCUT2D eigenvalue weighted by molar-refractivity contribution is 9.10. The molecule has 4 nitrogen and oxygen atoms in total. The fourth-order valence-electron chi connectivity index (χ4n) is 1.93. The van der Waals surface area contributed by atoms with Crippen molar-refractivity contribution < 1.29 is 4.92 Å². The molecule has 0 aromatic heterocycles. The second-order valence-electron chi connectivity index (χ2n) is 4.25. The SMILES string of the molecule is NC(Cc1ccc(Br)cc1[N+](=O)[O-])c1ccccc1. The van der Waals surface area contributed by atoms with Gasteiger partial charge in [0.2, 0.25) is 0 Å². The topological polar surface area (TPSA) is 69.2 Å². The molecule has 0 aliphatic carbocycles. The van der Waals surface area contributed by atoms with E-state index in [1.54, 1.807) is 12.1 Å². The second kappa shape index (κ2) is 5.95. The van der Waals surface area contributed by atoms with Gasteiger partial charge in [-0.1, -0.05) is 52.3 Å². The van der Waals surface area contributed by atoms with Gasteiger partial charge < -0.3 is 5.73 Å². The molecule has 1 atom stereocenters. The molecule has 0 amide bonds. The Balaban J connectivity index is 2.26. The molecule has 98 valence electrons. The Morgan fingerprint density at radius 2 is 1.89 bits per heavy atom. The molecule has 2 N–H and O–H groups in total. The first-order chi connectivity index (χ1) is 9.08. The van der Waals surface area contributed by atoms with Gasteiger partial charge in [0.1, 0.15) is 0 Å². The van der Waals surface area contributed by atoms with E-state index in [-0.39, 0.29) is 16.7 Å². The first-order valence-electron chi connectivity index (χ1n) is 5.81. The lowest BCUT2D eigenvalue weighted by molar-refractivity contribution is -0.385. The number of nitro groups is 1. The second-order valence-corrected chi connectivity index (χ2v) is 5.17. The summed E-state index contributed by atoms with van der Waals surface area (Å²) in [6, 6.07) is 14.4. The quantitative estimate of drug-likeness (QED) is 0.691. The summed E-state index contributed by atoms with van der Waals surface area (Å²) in [4.78, 5) is 10.7. The highest BCUT2D eigenvalue weighted by Crippen LogP contribution is 2.27. The van der Waals surface area contributed by atoms with Crippen LogP contribution in [0.4, 0.5) is 5.69 Å². The number of nitrogens with zero attached hydrogens (tertiary/aromatic N) is 1. The maximum absolute atomic E-state index is 11.0. The van der Waals surface area contributed by atoms with Gasteiger partial charge in [-0.15, -0.1) is 0 Å².